The van der Waals surface area contributed by atoms with Crippen LogP contribution < -0.4 is 10.6 Å². The first-order chi connectivity index (χ1) is 12.5. The molecule has 0 atom stereocenters. The Bertz CT molecular complexity index is 935. The maximum absolute atomic E-state index is 12.4. The minimum absolute atomic E-state index is 0.222. The minimum Gasteiger partial charge on any atom is -0.322 e. The van der Waals surface area contributed by atoms with Crippen LogP contribution >= 0.6 is 11.6 Å². The molecule has 2 amide bonds. The Morgan fingerprint density at radius 1 is 0.731 bits per heavy atom. The zero-order valence-electron chi connectivity index (χ0n) is 14.1. The highest BCUT2D eigenvalue weighted by atomic mass is 35.5. The fourth-order valence-electron chi connectivity index (χ4n) is 2.38. The summed E-state index contributed by atoms with van der Waals surface area (Å²) in [5, 5.41) is 6.20. The van der Waals surface area contributed by atoms with E-state index in [1.165, 1.54) is 0 Å². The summed E-state index contributed by atoms with van der Waals surface area (Å²) in [5.41, 5.74) is 3.29. The summed E-state index contributed by atoms with van der Waals surface area (Å²) in [6.45, 7) is 1.96. The molecule has 0 bridgehead atoms. The van der Waals surface area contributed by atoms with Gasteiger partial charge in [-0.25, -0.2) is 0 Å². The number of nitrogens with one attached hydrogen (secondary N) is 2. The van der Waals surface area contributed by atoms with Gasteiger partial charge in [-0.3, -0.25) is 9.59 Å². The van der Waals surface area contributed by atoms with Crippen LogP contribution in [0.15, 0.2) is 72.8 Å². The van der Waals surface area contributed by atoms with E-state index in [9.17, 15) is 9.59 Å². The van der Waals surface area contributed by atoms with E-state index in [4.69, 9.17) is 11.6 Å². The molecule has 2 N–H and O–H groups in total. The zero-order valence-corrected chi connectivity index (χ0v) is 14.9. The van der Waals surface area contributed by atoms with Crippen molar-refractivity contribution in [3.8, 4) is 0 Å². The summed E-state index contributed by atoms with van der Waals surface area (Å²) in [6.07, 6.45) is 0. The van der Waals surface area contributed by atoms with E-state index in [1.807, 2.05) is 19.1 Å². The lowest BCUT2D eigenvalue weighted by molar-refractivity contribution is 0.101. The smallest absolute Gasteiger partial charge is 0.255 e. The first-order valence-corrected chi connectivity index (χ1v) is 8.44. The molecule has 3 rings (SSSR count). The van der Waals surface area contributed by atoms with Gasteiger partial charge in [-0.15, -0.1) is 0 Å². The van der Waals surface area contributed by atoms with Gasteiger partial charge in [0.2, 0.25) is 0 Å². The number of halogens is 1. The molecule has 130 valence electrons. The van der Waals surface area contributed by atoms with E-state index in [-0.39, 0.29) is 11.8 Å². The fraction of sp³-hybridized carbons (Fsp3) is 0.0476. The van der Waals surface area contributed by atoms with Crippen LogP contribution in [0.4, 0.5) is 11.4 Å². The van der Waals surface area contributed by atoms with Crippen molar-refractivity contribution < 1.29 is 9.59 Å². The number of carbonyl (C=O) groups excluding carboxylic acids is 2. The molecule has 0 unspecified atom stereocenters. The predicted octanol–water partition coefficient (Wildman–Crippen LogP) is 5.15. The van der Waals surface area contributed by atoms with Crippen molar-refractivity contribution in [3.05, 3.63) is 94.5 Å². The van der Waals surface area contributed by atoms with Crippen molar-refractivity contribution in [1.82, 2.24) is 0 Å². The van der Waals surface area contributed by atoms with Crippen molar-refractivity contribution in [1.29, 1.82) is 0 Å². The third-order valence-corrected chi connectivity index (χ3v) is 4.05. The molecule has 0 heterocycles. The molecule has 4 nitrogen and oxygen atoms in total. The van der Waals surface area contributed by atoms with Crippen LogP contribution in [-0.2, 0) is 0 Å². The Morgan fingerprint density at radius 2 is 1.35 bits per heavy atom. The second-order valence-corrected chi connectivity index (χ2v) is 6.30. The average molecular weight is 365 g/mol. The Balaban J connectivity index is 1.71. The second-order valence-electron chi connectivity index (χ2n) is 5.86. The van der Waals surface area contributed by atoms with E-state index < -0.39 is 0 Å². The van der Waals surface area contributed by atoms with Crippen LogP contribution in [0.25, 0.3) is 0 Å². The molecule has 3 aromatic carbocycles. The lowest BCUT2D eigenvalue weighted by Crippen LogP contribution is -2.14. The lowest BCUT2D eigenvalue weighted by atomic mass is 10.1. The normalized spacial score (nSPS) is 10.2. The number of hydrogen-bond donors (Lipinski definition) is 2. The highest BCUT2D eigenvalue weighted by Gasteiger charge is 2.10. The van der Waals surface area contributed by atoms with Crippen LogP contribution in [0.3, 0.4) is 0 Å². The van der Waals surface area contributed by atoms with Crippen LogP contribution in [0.1, 0.15) is 26.3 Å². The lowest BCUT2D eigenvalue weighted by Gasteiger charge is -2.09. The average Bonchev–Trinajstić information content (AvgIpc) is 2.64. The molecular formula is C21H17ClN2O2. The Hall–Kier alpha value is -3.11. The molecule has 0 spiro atoms. The van der Waals surface area contributed by atoms with Crippen molar-refractivity contribution >= 4 is 34.8 Å². The van der Waals surface area contributed by atoms with E-state index in [0.29, 0.717) is 27.5 Å². The maximum Gasteiger partial charge on any atom is 0.255 e. The minimum atomic E-state index is -0.265. The highest BCUT2D eigenvalue weighted by molar-refractivity contribution is 6.30. The van der Waals surface area contributed by atoms with Gasteiger partial charge < -0.3 is 10.6 Å². The van der Waals surface area contributed by atoms with Crippen molar-refractivity contribution in [2.75, 3.05) is 10.6 Å². The Labute approximate surface area is 156 Å². The molecular weight excluding hydrogens is 348 g/mol. The molecule has 0 saturated carbocycles. The number of carbonyl (C=O) groups is 2. The van der Waals surface area contributed by atoms with Gasteiger partial charge in [0.15, 0.2) is 0 Å². The number of benzene rings is 3. The number of hydrogen-bond acceptors (Lipinski definition) is 2. The van der Waals surface area contributed by atoms with Gasteiger partial charge in [0, 0.05) is 27.5 Å². The van der Waals surface area contributed by atoms with Gasteiger partial charge in [0.25, 0.3) is 11.8 Å². The standard InChI is InChI=1S/C21H17ClN2O2/c1-14-5-7-15(8-6-14)20(25)24-19-4-2-3-16(13-19)21(26)23-18-11-9-17(22)10-12-18/h2-13H,1H3,(H,23,26)(H,24,25). The molecule has 0 aliphatic rings. The highest BCUT2D eigenvalue weighted by Crippen LogP contribution is 2.17. The van der Waals surface area contributed by atoms with Crippen LogP contribution in [0.2, 0.25) is 5.02 Å². The number of amides is 2. The summed E-state index contributed by atoms with van der Waals surface area (Å²) < 4.78 is 0. The second kappa shape index (κ2) is 7.85. The first kappa shape index (κ1) is 17.7. The topological polar surface area (TPSA) is 58.2 Å². The third kappa shape index (κ3) is 4.49. The molecule has 26 heavy (non-hydrogen) atoms. The van der Waals surface area contributed by atoms with Crippen molar-refractivity contribution in [2.24, 2.45) is 0 Å². The number of aryl methyl sites for hydroxylation is 1. The van der Waals surface area contributed by atoms with Crippen LogP contribution in [0, 0.1) is 6.92 Å². The predicted molar refractivity (Wildman–Crippen MR) is 105 cm³/mol. The Morgan fingerprint density at radius 3 is 2.04 bits per heavy atom. The SMILES string of the molecule is Cc1ccc(C(=O)Nc2cccc(C(=O)Nc3ccc(Cl)cc3)c2)cc1. The van der Waals surface area contributed by atoms with Gasteiger partial charge >= 0.3 is 0 Å². The largest absolute Gasteiger partial charge is 0.322 e. The van der Waals surface area contributed by atoms with E-state index >= 15 is 0 Å². The zero-order chi connectivity index (χ0) is 18.5. The molecule has 0 aliphatic carbocycles. The molecule has 0 radical (unpaired) electrons. The summed E-state index contributed by atoms with van der Waals surface area (Å²) in [7, 11) is 0. The van der Waals surface area contributed by atoms with Gasteiger partial charge in [-0.1, -0.05) is 35.4 Å². The van der Waals surface area contributed by atoms with Crippen molar-refractivity contribution in [2.45, 2.75) is 6.92 Å². The van der Waals surface area contributed by atoms with E-state index in [0.717, 1.165) is 5.56 Å². The fourth-order valence-corrected chi connectivity index (χ4v) is 2.51. The Kier molecular flexibility index (Phi) is 5.34. The van der Waals surface area contributed by atoms with Crippen LogP contribution in [0.5, 0.6) is 0 Å². The van der Waals surface area contributed by atoms with Gasteiger partial charge in [0.05, 0.1) is 0 Å². The molecule has 3 aromatic rings. The number of anilines is 2. The summed E-state index contributed by atoms with van der Waals surface area (Å²) in [6, 6.07) is 20.9. The van der Waals surface area contributed by atoms with E-state index in [2.05, 4.69) is 10.6 Å². The number of rotatable bonds is 4. The summed E-state index contributed by atoms with van der Waals surface area (Å²) >= 11 is 5.84. The van der Waals surface area contributed by atoms with Gasteiger partial charge in [-0.05, 0) is 61.5 Å². The summed E-state index contributed by atoms with van der Waals surface area (Å²) in [5.74, 6) is -0.487. The third-order valence-electron chi connectivity index (χ3n) is 3.80. The monoisotopic (exact) mass is 364 g/mol. The van der Waals surface area contributed by atoms with E-state index in [1.54, 1.807) is 60.7 Å². The van der Waals surface area contributed by atoms with Crippen molar-refractivity contribution in [3.63, 3.8) is 0 Å². The molecule has 5 heteroatoms. The molecule has 0 aliphatic heterocycles. The summed E-state index contributed by atoms with van der Waals surface area (Å²) in [4.78, 5) is 24.7. The van der Waals surface area contributed by atoms with Gasteiger partial charge in [-0.2, -0.15) is 0 Å². The maximum atomic E-state index is 12.4. The van der Waals surface area contributed by atoms with Crippen LogP contribution in [-0.4, -0.2) is 11.8 Å². The molecule has 0 saturated heterocycles. The first-order valence-electron chi connectivity index (χ1n) is 8.06. The molecule has 0 fully saturated rings. The quantitative estimate of drug-likeness (QED) is 0.672. The van der Waals surface area contributed by atoms with Gasteiger partial charge in [0.1, 0.15) is 0 Å². The molecule has 0 aromatic heterocycles.